The molecule has 1 aliphatic heterocycles. The Balaban J connectivity index is 1.61. The van der Waals surface area contributed by atoms with E-state index >= 15 is 0 Å². The topological polar surface area (TPSA) is 76.1 Å². The van der Waals surface area contributed by atoms with E-state index in [4.69, 9.17) is 4.74 Å². The quantitative estimate of drug-likeness (QED) is 0.799. The van der Waals surface area contributed by atoms with Crippen LogP contribution in [0.5, 0.6) is 0 Å². The number of ketones is 1. The maximum Gasteiger partial charge on any atom is 0.229 e. The molecule has 1 fully saturated rings. The molecule has 0 amide bonds. The van der Waals surface area contributed by atoms with Crippen molar-refractivity contribution in [3.8, 4) is 0 Å². The molecule has 0 saturated carbocycles. The highest BCUT2D eigenvalue weighted by atomic mass is 16.5. The number of carbonyl (C=O) groups is 1. The minimum absolute atomic E-state index is 0.0492. The van der Waals surface area contributed by atoms with Crippen LogP contribution in [-0.4, -0.2) is 35.0 Å². The number of Topliss-reactive ketones (excluding diaryl/α,β-unsaturated/α-hetero) is 1. The van der Waals surface area contributed by atoms with Crippen molar-refractivity contribution in [3.05, 3.63) is 42.1 Å². The molecule has 2 N–H and O–H groups in total. The smallest absolute Gasteiger partial charge is 0.229 e. The first-order valence-corrected chi connectivity index (χ1v) is 7.77. The third-order valence-electron chi connectivity index (χ3n) is 3.74. The lowest BCUT2D eigenvalue weighted by Crippen LogP contribution is -2.19. The fourth-order valence-electron chi connectivity index (χ4n) is 2.46. The van der Waals surface area contributed by atoms with E-state index in [0.717, 1.165) is 37.5 Å². The van der Waals surface area contributed by atoms with E-state index in [-0.39, 0.29) is 11.9 Å². The van der Waals surface area contributed by atoms with Gasteiger partial charge in [-0.25, -0.2) is 4.98 Å². The average Bonchev–Trinajstić information content (AvgIpc) is 3.07. The summed E-state index contributed by atoms with van der Waals surface area (Å²) in [7, 11) is 0. The molecule has 2 aromatic rings. The van der Waals surface area contributed by atoms with Gasteiger partial charge in [0.25, 0.3) is 0 Å². The molecule has 6 nitrogen and oxygen atoms in total. The van der Waals surface area contributed by atoms with Crippen molar-refractivity contribution in [2.75, 3.05) is 23.8 Å². The number of ether oxygens (including phenoxy) is 1. The van der Waals surface area contributed by atoms with Gasteiger partial charge in [0.15, 0.2) is 5.78 Å². The number of carbonyl (C=O) groups excluding carboxylic acids is 1. The lowest BCUT2D eigenvalue weighted by atomic mass is 10.1. The van der Waals surface area contributed by atoms with Gasteiger partial charge in [-0.15, -0.1) is 0 Å². The molecule has 1 unspecified atom stereocenters. The van der Waals surface area contributed by atoms with Crippen molar-refractivity contribution in [1.82, 2.24) is 9.97 Å². The zero-order valence-corrected chi connectivity index (χ0v) is 13.1. The molecule has 1 saturated heterocycles. The van der Waals surface area contributed by atoms with Gasteiger partial charge >= 0.3 is 0 Å². The fourth-order valence-corrected chi connectivity index (χ4v) is 2.46. The average molecular weight is 312 g/mol. The summed E-state index contributed by atoms with van der Waals surface area (Å²) < 4.78 is 5.58. The summed E-state index contributed by atoms with van der Waals surface area (Å²) in [5.74, 6) is 1.32. The molecule has 1 aliphatic rings. The van der Waals surface area contributed by atoms with E-state index in [9.17, 15) is 4.79 Å². The number of aromatic nitrogens is 2. The molecule has 1 aromatic carbocycles. The number of rotatable bonds is 6. The molecule has 2 heterocycles. The minimum atomic E-state index is 0.0492. The Morgan fingerprint density at radius 1 is 1.30 bits per heavy atom. The zero-order chi connectivity index (χ0) is 16.1. The predicted octanol–water partition coefficient (Wildman–Crippen LogP) is 3.01. The Morgan fingerprint density at radius 3 is 2.83 bits per heavy atom. The third kappa shape index (κ3) is 4.26. The monoisotopic (exact) mass is 312 g/mol. The second-order valence-electron chi connectivity index (χ2n) is 5.54. The summed E-state index contributed by atoms with van der Waals surface area (Å²) in [5.41, 5.74) is 1.52. The molecule has 6 heteroatoms. The normalized spacial score (nSPS) is 17.0. The van der Waals surface area contributed by atoms with Gasteiger partial charge in [0.05, 0.1) is 6.10 Å². The summed E-state index contributed by atoms with van der Waals surface area (Å²) >= 11 is 0. The summed E-state index contributed by atoms with van der Waals surface area (Å²) in [6, 6.07) is 9.08. The molecule has 0 spiro atoms. The first-order valence-electron chi connectivity index (χ1n) is 7.77. The van der Waals surface area contributed by atoms with Crippen LogP contribution in [0, 0.1) is 0 Å². The van der Waals surface area contributed by atoms with Gasteiger partial charge < -0.3 is 15.4 Å². The highest BCUT2D eigenvalue weighted by Gasteiger charge is 2.15. The molecule has 3 rings (SSSR count). The summed E-state index contributed by atoms with van der Waals surface area (Å²) in [4.78, 5) is 19.9. The van der Waals surface area contributed by atoms with Crippen molar-refractivity contribution < 1.29 is 9.53 Å². The standard InChI is InChI=1S/C17H20N4O2/c1-12(22)13-4-6-14(7-5-13)20-17-18-9-8-16(21-17)19-11-15-3-2-10-23-15/h4-9,15H,2-3,10-11H2,1H3,(H2,18,19,20,21). The largest absolute Gasteiger partial charge is 0.376 e. The highest BCUT2D eigenvalue weighted by Crippen LogP contribution is 2.16. The van der Waals surface area contributed by atoms with Crippen molar-refractivity contribution in [3.63, 3.8) is 0 Å². The van der Waals surface area contributed by atoms with Crippen molar-refractivity contribution in [1.29, 1.82) is 0 Å². The fraction of sp³-hybridized carbons (Fsp3) is 0.353. The number of anilines is 3. The van der Waals surface area contributed by atoms with E-state index in [1.807, 2.05) is 18.2 Å². The van der Waals surface area contributed by atoms with Crippen LogP contribution in [0.2, 0.25) is 0 Å². The lowest BCUT2D eigenvalue weighted by molar-refractivity contribution is 0.101. The van der Waals surface area contributed by atoms with Gasteiger partial charge in [0.1, 0.15) is 5.82 Å². The van der Waals surface area contributed by atoms with Crippen LogP contribution < -0.4 is 10.6 Å². The molecule has 0 aliphatic carbocycles. The van der Waals surface area contributed by atoms with Gasteiger partial charge in [0, 0.05) is 30.6 Å². The summed E-state index contributed by atoms with van der Waals surface area (Å²) in [5, 5.41) is 6.41. The van der Waals surface area contributed by atoms with E-state index in [1.54, 1.807) is 25.3 Å². The van der Waals surface area contributed by atoms with Crippen molar-refractivity contribution in [2.24, 2.45) is 0 Å². The van der Waals surface area contributed by atoms with Crippen molar-refractivity contribution >= 4 is 23.2 Å². The number of nitrogens with one attached hydrogen (secondary N) is 2. The van der Waals surface area contributed by atoms with Crippen LogP contribution in [0.25, 0.3) is 0 Å². The van der Waals surface area contributed by atoms with Crippen LogP contribution in [0.15, 0.2) is 36.5 Å². The summed E-state index contributed by atoms with van der Waals surface area (Å²) in [6.45, 7) is 3.15. The Kier molecular flexibility index (Phi) is 4.83. The Labute approximate surface area is 135 Å². The third-order valence-corrected chi connectivity index (χ3v) is 3.74. The maximum absolute atomic E-state index is 11.3. The van der Waals surface area contributed by atoms with E-state index in [0.29, 0.717) is 11.5 Å². The van der Waals surface area contributed by atoms with Crippen LogP contribution in [0.4, 0.5) is 17.5 Å². The number of hydrogen-bond donors (Lipinski definition) is 2. The molecule has 0 radical (unpaired) electrons. The predicted molar refractivity (Wildman–Crippen MR) is 89.2 cm³/mol. The number of hydrogen-bond acceptors (Lipinski definition) is 6. The van der Waals surface area contributed by atoms with E-state index in [2.05, 4.69) is 20.6 Å². The minimum Gasteiger partial charge on any atom is -0.376 e. The summed E-state index contributed by atoms with van der Waals surface area (Å²) in [6.07, 6.45) is 4.18. The van der Waals surface area contributed by atoms with Crippen LogP contribution >= 0.6 is 0 Å². The number of benzene rings is 1. The molecule has 1 aromatic heterocycles. The van der Waals surface area contributed by atoms with E-state index < -0.39 is 0 Å². The first-order chi connectivity index (χ1) is 11.2. The van der Waals surface area contributed by atoms with Crippen LogP contribution in [-0.2, 0) is 4.74 Å². The van der Waals surface area contributed by atoms with Gasteiger partial charge in [-0.05, 0) is 50.1 Å². The Morgan fingerprint density at radius 2 is 2.13 bits per heavy atom. The zero-order valence-electron chi connectivity index (χ0n) is 13.1. The van der Waals surface area contributed by atoms with Crippen LogP contribution in [0.3, 0.4) is 0 Å². The number of nitrogens with zero attached hydrogens (tertiary/aromatic N) is 2. The molecular weight excluding hydrogens is 292 g/mol. The van der Waals surface area contributed by atoms with Gasteiger partial charge in [-0.2, -0.15) is 4.98 Å². The molecule has 23 heavy (non-hydrogen) atoms. The van der Waals surface area contributed by atoms with Gasteiger partial charge in [-0.1, -0.05) is 0 Å². The molecular formula is C17H20N4O2. The van der Waals surface area contributed by atoms with Crippen LogP contribution in [0.1, 0.15) is 30.1 Å². The highest BCUT2D eigenvalue weighted by molar-refractivity contribution is 5.94. The lowest BCUT2D eigenvalue weighted by Gasteiger charge is -2.12. The molecule has 120 valence electrons. The first kappa shape index (κ1) is 15.4. The molecule has 1 atom stereocenters. The Hall–Kier alpha value is -2.47. The molecule has 0 bridgehead atoms. The van der Waals surface area contributed by atoms with Gasteiger partial charge in [-0.3, -0.25) is 4.79 Å². The second kappa shape index (κ2) is 7.19. The second-order valence-corrected chi connectivity index (χ2v) is 5.54. The maximum atomic E-state index is 11.3. The van der Waals surface area contributed by atoms with Gasteiger partial charge in [0.2, 0.25) is 5.95 Å². The Bertz CT molecular complexity index is 667. The van der Waals surface area contributed by atoms with Crippen molar-refractivity contribution in [2.45, 2.75) is 25.9 Å². The van der Waals surface area contributed by atoms with E-state index in [1.165, 1.54) is 0 Å². The SMILES string of the molecule is CC(=O)c1ccc(Nc2nccc(NCC3CCCO3)n2)cc1.